The van der Waals surface area contributed by atoms with Gasteiger partial charge in [-0.1, -0.05) is 6.07 Å². The average molecular weight is 339 g/mol. The van der Waals surface area contributed by atoms with Crippen LogP contribution in [0.2, 0.25) is 0 Å². The zero-order valence-electron chi connectivity index (χ0n) is 14.4. The second-order valence-corrected chi connectivity index (χ2v) is 7.31. The van der Waals surface area contributed by atoms with E-state index in [4.69, 9.17) is 4.42 Å². The molecule has 5 heteroatoms. The van der Waals surface area contributed by atoms with Crippen LogP contribution in [0.15, 0.2) is 47.3 Å². The third-order valence-corrected chi connectivity index (χ3v) is 5.33. The summed E-state index contributed by atoms with van der Waals surface area (Å²) >= 11 is 0. The molecule has 2 aromatic rings. The number of nitrogens with one attached hydrogen (secondary N) is 1. The van der Waals surface area contributed by atoms with Gasteiger partial charge < -0.3 is 9.73 Å². The Morgan fingerprint density at radius 3 is 3.12 bits per heavy atom. The van der Waals surface area contributed by atoms with E-state index >= 15 is 0 Å². The fourth-order valence-corrected chi connectivity index (χ4v) is 3.89. The maximum absolute atomic E-state index is 12.4. The van der Waals surface area contributed by atoms with Crippen LogP contribution in [0.1, 0.15) is 36.5 Å². The van der Waals surface area contributed by atoms with Gasteiger partial charge in [-0.15, -0.1) is 0 Å². The number of aromatic nitrogens is 1. The van der Waals surface area contributed by atoms with E-state index in [-0.39, 0.29) is 17.7 Å². The molecule has 2 aromatic heterocycles. The molecule has 5 nitrogen and oxygen atoms in total. The fourth-order valence-electron chi connectivity index (χ4n) is 3.89. The molecular formula is C20H25N3O2. The van der Waals surface area contributed by atoms with Crippen molar-refractivity contribution in [2.45, 2.75) is 31.7 Å². The van der Waals surface area contributed by atoms with Gasteiger partial charge in [0, 0.05) is 43.9 Å². The standard InChI is InChI=1S/C20H25N3O2/c24-20(18-10-17(18)19-6-3-9-25-19)22-12-16-5-2-8-23(14-16)13-15-4-1-7-21-11-15/h1,3-4,6-7,9,11,16-18H,2,5,8,10,12-14H2,(H,22,24). The quantitative estimate of drug-likeness (QED) is 0.879. The summed E-state index contributed by atoms with van der Waals surface area (Å²) in [7, 11) is 0. The van der Waals surface area contributed by atoms with Crippen LogP contribution in [-0.2, 0) is 11.3 Å². The van der Waals surface area contributed by atoms with Crippen molar-refractivity contribution < 1.29 is 9.21 Å². The smallest absolute Gasteiger partial charge is 0.223 e. The molecule has 0 radical (unpaired) electrons. The Morgan fingerprint density at radius 2 is 2.32 bits per heavy atom. The normalized spacial score (nSPS) is 26.3. The lowest BCUT2D eigenvalue weighted by Crippen LogP contribution is -2.41. The lowest BCUT2D eigenvalue weighted by Gasteiger charge is -2.32. The van der Waals surface area contributed by atoms with Gasteiger partial charge in [0.15, 0.2) is 0 Å². The molecule has 25 heavy (non-hydrogen) atoms. The Kier molecular flexibility index (Phi) is 4.83. The number of piperidine rings is 1. The topological polar surface area (TPSA) is 58.4 Å². The number of rotatable bonds is 6. The van der Waals surface area contributed by atoms with Crippen LogP contribution in [0.25, 0.3) is 0 Å². The number of nitrogens with zero attached hydrogens (tertiary/aromatic N) is 2. The minimum Gasteiger partial charge on any atom is -0.469 e. The van der Waals surface area contributed by atoms with E-state index in [1.54, 1.807) is 6.26 Å². The third-order valence-electron chi connectivity index (χ3n) is 5.33. The zero-order chi connectivity index (χ0) is 17.1. The highest BCUT2D eigenvalue weighted by Crippen LogP contribution is 2.47. The Morgan fingerprint density at radius 1 is 1.36 bits per heavy atom. The van der Waals surface area contributed by atoms with Crippen LogP contribution in [0, 0.1) is 11.8 Å². The summed E-state index contributed by atoms with van der Waals surface area (Å²) in [5.41, 5.74) is 1.26. The molecular weight excluding hydrogens is 314 g/mol. The summed E-state index contributed by atoms with van der Waals surface area (Å²) in [5.74, 6) is 2.05. The summed E-state index contributed by atoms with van der Waals surface area (Å²) in [6.07, 6.45) is 8.73. The lowest BCUT2D eigenvalue weighted by atomic mass is 9.97. The molecule has 3 heterocycles. The second-order valence-electron chi connectivity index (χ2n) is 7.31. The molecule has 4 rings (SSSR count). The number of amides is 1. The molecule has 0 spiro atoms. The van der Waals surface area contributed by atoms with Crippen LogP contribution in [-0.4, -0.2) is 35.4 Å². The highest BCUT2D eigenvalue weighted by atomic mass is 16.3. The van der Waals surface area contributed by atoms with Gasteiger partial charge in [-0.2, -0.15) is 0 Å². The number of furan rings is 1. The molecule has 132 valence electrons. The summed E-state index contributed by atoms with van der Waals surface area (Å²) in [6.45, 7) is 3.90. The lowest BCUT2D eigenvalue weighted by molar-refractivity contribution is -0.122. The van der Waals surface area contributed by atoms with Crippen molar-refractivity contribution in [2.24, 2.45) is 11.8 Å². The number of carbonyl (C=O) groups is 1. The molecule has 1 N–H and O–H groups in total. The largest absolute Gasteiger partial charge is 0.469 e. The minimum atomic E-state index is 0.0984. The zero-order valence-corrected chi connectivity index (χ0v) is 14.4. The predicted molar refractivity (Wildman–Crippen MR) is 94.8 cm³/mol. The number of hydrogen-bond donors (Lipinski definition) is 1. The first kappa shape index (κ1) is 16.3. The van der Waals surface area contributed by atoms with Gasteiger partial charge in [-0.05, 0) is 55.5 Å². The van der Waals surface area contributed by atoms with Crippen molar-refractivity contribution in [3.8, 4) is 0 Å². The first-order valence-corrected chi connectivity index (χ1v) is 9.22. The van der Waals surface area contributed by atoms with Crippen LogP contribution in [0.5, 0.6) is 0 Å². The van der Waals surface area contributed by atoms with Crippen LogP contribution >= 0.6 is 0 Å². The van der Waals surface area contributed by atoms with Crippen LogP contribution in [0.4, 0.5) is 0 Å². The Balaban J connectivity index is 1.22. The van der Waals surface area contributed by atoms with Crippen molar-refractivity contribution in [3.05, 3.63) is 54.2 Å². The van der Waals surface area contributed by atoms with Gasteiger partial charge in [0.2, 0.25) is 5.91 Å². The molecule has 1 saturated heterocycles. The van der Waals surface area contributed by atoms with Crippen molar-refractivity contribution in [3.63, 3.8) is 0 Å². The van der Waals surface area contributed by atoms with Crippen molar-refractivity contribution >= 4 is 5.91 Å². The summed E-state index contributed by atoms with van der Waals surface area (Å²) in [5, 5.41) is 3.17. The fraction of sp³-hybridized carbons (Fsp3) is 0.500. The van der Waals surface area contributed by atoms with Gasteiger partial charge in [0.25, 0.3) is 0 Å². The minimum absolute atomic E-state index is 0.0984. The molecule has 1 amide bonds. The average Bonchev–Trinajstić information content (AvgIpc) is 3.26. The summed E-state index contributed by atoms with van der Waals surface area (Å²) in [6, 6.07) is 7.97. The van der Waals surface area contributed by atoms with Crippen LogP contribution < -0.4 is 5.32 Å². The molecule has 1 saturated carbocycles. The van der Waals surface area contributed by atoms with Gasteiger partial charge in [-0.25, -0.2) is 0 Å². The van der Waals surface area contributed by atoms with Gasteiger partial charge >= 0.3 is 0 Å². The number of hydrogen-bond acceptors (Lipinski definition) is 4. The van der Waals surface area contributed by atoms with E-state index in [0.29, 0.717) is 5.92 Å². The Bertz CT molecular complexity index is 686. The van der Waals surface area contributed by atoms with E-state index in [1.807, 2.05) is 30.6 Å². The molecule has 3 unspecified atom stereocenters. The molecule has 1 aliphatic heterocycles. The van der Waals surface area contributed by atoms with Gasteiger partial charge in [-0.3, -0.25) is 14.7 Å². The molecule has 3 atom stereocenters. The SMILES string of the molecule is O=C(NCC1CCCN(Cc2cccnc2)C1)C1CC1c1ccco1. The maximum Gasteiger partial charge on any atom is 0.223 e. The maximum atomic E-state index is 12.4. The highest BCUT2D eigenvalue weighted by molar-refractivity contribution is 5.82. The van der Waals surface area contributed by atoms with Crippen molar-refractivity contribution in [2.75, 3.05) is 19.6 Å². The van der Waals surface area contributed by atoms with E-state index < -0.39 is 0 Å². The van der Waals surface area contributed by atoms with Crippen molar-refractivity contribution in [1.82, 2.24) is 15.2 Å². The van der Waals surface area contributed by atoms with E-state index in [2.05, 4.69) is 21.3 Å². The first-order chi connectivity index (χ1) is 12.3. The second kappa shape index (κ2) is 7.40. The Hall–Kier alpha value is -2.14. The third kappa shape index (κ3) is 4.10. The first-order valence-electron chi connectivity index (χ1n) is 9.22. The molecule has 0 bridgehead atoms. The van der Waals surface area contributed by atoms with Gasteiger partial charge in [0.05, 0.1) is 6.26 Å². The summed E-state index contributed by atoms with van der Waals surface area (Å²) in [4.78, 5) is 19.0. The predicted octanol–water partition coefficient (Wildman–Crippen LogP) is 2.81. The van der Waals surface area contributed by atoms with E-state index in [1.165, 1.54) is 18.4 Å². The molecule has 2 fully saturated rings. The van der Waals surface area contributed by atoms with Crippen LogP contribution in [0.3, 0.4) is 0 Å². The van der Waals surface area contributed by atoms with Gasteiger partial charge in [0.1, 0.15) is 5.76 Å². The number of pyridine rings is 1. The number of carbonyl (C=O) groups excluding carboxylic acids is 1. The van der Waals surface area contributed by atoms with E-state index in [9.17, 15) is 4.79 Å². The molecule has 0 aromatic carbocycles. The highest BCUT2D eigenvalue weighted by Gasteiger charge is 2.45. The van der Waals surface area contributed by atoms with E-state index in [0.717, 1.165) is 38.4 Å². The van der Waals surface area contributed by atoms with Crippen molar-refractivity contribution in [1.29, 1.82) is 0 Å². The number of likely N-dealkylation sites (tertiary alicyclic amines) is 1. The molecule has 2 aliphatic rings. The monoisotopic (exact) mass is 339 g/mol. The molecule has 1 aliphatic carbocycles. The Labute approximate surface area is 148 Å². The summed E-state index contributed by atoms with van der Waals surface area (Å²) < 4.78 is 5.41.